The van der Waals surface area contributed by atoms with E-state index >= 15 is 0 Å². The van der Waals surface area contributed by atoms with Gasteiger partial charge >= 0.3 is 0 Å². The normalized spacial score (nSPS) is 10.6. The first-order valence-corrected chi connectivity index (χ1v) is 8.10. The largest absolute Gasteiger partial charge is 0.492 e. The molecule has 0 unspecified atom stereocenters. The minimum absolute atomic E-state index is 0.0164. The van der Waals surface area contributed by atoms with Crippen LogP contribution in [-0.2, 0) is 4.79 Å². The van der Waals surface area contributed by atoms with Gasteiger partial charge in [-0.15, -0.1) is 0 Å². The van der Waals surface area contributed by atoms with Crippen molar-refractivity contribution in [2.24, 2.45) is 0 Å². The van der Waals surface area contributed by atoms with E-state index in [0.29, 0.717) is 13.2 Å². The van der Waals surface area contributed by atoms with Crippen molar-refractivity contribution in [3.63, 3.8) is 0 Å². The molecule has 0 saturated heterocycles. The molecule has 0 aliphatic rings. The fourth-order valence-corrected chi connectivity index (χ4v) is 2.78. The number of carbonyl (C=O) groups is 1. The van der Waals surface area contributed by atoms with Crippen molar-refractivity contribution in [2.75, 3.05) is 18.1 Å². The maximum atomic E-state index is 11.9. The summed E-state index contributed by atoms with van der Waals surface area (Å²) in [4.78, 5) is 13.7. The first kappa shape index (κ1) is 16.1. The number of hydrogen-bond donors (Lipinski definition) is 0. The Bertz CT molecular complexity index is 857. The molecule has 0 N–H and O–H groups in total. The lowest BCUT2D eigenvalue weighted by Crippen LogP contribution is -2.32. The van der Waals surface area contributed by atoms with Gasteiger partial charge in [-0.25, -0.2) is 0 Å². The molecule has 0 spiro atoms. The summed E-state index contributed by atoms with van der Waals surface area (Å²) in [5.74, 6) is 0.837. The molecule has 0 aliphatic carbocycles. The topological polar surface area (TPSA) is 29.5 Å². The summed E-state index contributed by atoms with van der Waals surface area (Å²) in [6.45, 7) is 4.57. The summed E-state index contributed by atoms with van der Waals surface area (Å²) in [7, 11) is 0. The highest BCUT2D eigenvalue weighted by Crippen LogP contribution is 2.21. The molecule has 3 rings (SSSR count). The second-order valence-electron chi connectivity index (χ2n) is 5.87. The van der Waals surface area contributed by atoms with Crippen LogP contribution in [0.2, 0.25) is 0 Å². The third-order valence-electron chi connectivity index (χ3n) is 4.00. The number of nitrogens with zero attached hydrogens (tertiary/aromatic N) is 1. The van der Waals surface area contributed by atoms with E-state index in [9.17, 15) is 4.79 Å². The number of fused-ring (bicyclic) bond motifs is 1. The third kappa shape index (κ3) is 3.74. The predicted octanol–water partition coefficient (Wildman–Crippen LogP) is 4.58. The molecule has 122 valence electrons. The molecule has 0 aliphatic heterocycles. The number of ether oxygens (including phenoxy) is 1. The van der Waals surface area contributed by atoms with Gasteiger partial charge in [0.25, 0.3) is 0 Å². The van der Waals surface area contributed by atoms with E-state index in [0.717, 1.165) is 22.4 Å². The Morgan fingerprint density at radius 1 is 0.958 bits per heavy atom. The van der Waals surface area contributed by atoms with Crippen LogP contribution in [0, 0.1) is 6.92 Å². The summed E-state index contributed by atoms with van der Waals surface area (Å²) in [5.41, 5.74) is 2.04. The summed E-state index contributed by atoms with van der Waals surface area (Å²) in [6, 6.07) is 22.2. The van der Waals surface area contributed by atoms with Crippen molar-refractivity contribution >= 4 is 22.4 Å². The molecule has 0 atom stereocenters. The molecule has 0 bridgehead atoms. The first-order chi connectivity index (χ1) is 11.6. The van der Waals surface area contributed by atoms with Crippen LogP contribution in [0.5, 0.6) is 5.75 Å². The second-order valence-corrected chi connectivity index (χ2v) is 5.87. The molecule has 3 nitrogen and oxygen atoms in total. The highest BCUT2D eigenvalue weighted by Gasteiger charge is 2.11. The molecule has 1 amide bonds. The smallest absolute Gasteiger partial charge is 0.223 e. The van der Waals surface area contributed by atoms with Gasteiger partial charge < -0.3 is 9.64 Å². The Hall–Kier alpha value is -2.81. The average Bonchev–Trinajstić information content (AvgIpc) is 2.58. The number of aryl methyl sites for hydroxylation is 1. The van der Waals surface area contributed by atoms with Crippen LogP contribution >= 0.6 is 0 Å². The van der Waals surface area contributed by atoms with Crippen molar-refractivity contribution in [3.05, 3.63) is 72.3 Å². The van der Waals surface area contributed by atoms with Gasteiger partial charge in [-0.1, -0.05) is 42.5 Å². The number of benzene rings is 3. The van der Waals surface area contributed by atoms with E-state index in [1.807, 2.05) is 61.5 Å². The van der Waals surface area contributed by atoms with Gasteiger partial charge in [0.15, 0.2) is 0 Å². The number of anilines is 1. The van der Waals surface area contributed by atoms with E-state index in [2.05, 4.69) is 12.1 Å². The summed E-state index contributed by atoms with van der Waals surface area (Å²) in [6.07, 6.45) is 0. The lowest BCUT2D eigenvalue weighted by Gasteiger charge is -2.21. The van der Waals surface area contributed by atoms with Crippen LogP contribution in [-0.4, -0.2) is 19.1 Å². The number of hydrogen-bond acceptors (Lipinski definition) is 2. The molecular formula is C21H21NO2. The quantitative estimate of drug-likeness (QED) is 0.689. The van der Waals surface area contributed by atoms with Gasteiger partial charge in [-0.3, -0.25) is 4.79 Å². The Morgan fingerprint density at radius 3 is 2.50 bits per heavy atom. The van der Waals surface area contributed by atoms with Crippen LogP contribution in [0.1, 0.15) is 12.5 Å². The van der Waals surface area contributed by atoms with Crippen LogP contribution in [0.15, 0.2) is 66.7 Å². The Kier molecular flexibility index (Phi) is 4.80. The third-order valence-corrected chi connectivity index (χ3v) is 4.00. The summed E-state index contributed by atoms with van der Waals surface area (Å²) >= 11 is 0. The van der Waals surface area contributed by atoms with Gasteiger partial charge in [-0.05, 0) is 47.5 Å². The Labute approximate surface area is 142 Å². The first-order valence-electron chi connectivity index (χ1n) is 8.10. The Balaban J connectivity index is 1.67. The fraction of sp³-hybridized carbons (Fsp3) is 0.190. The zero-order valence-electron chi connectivity index (χ0n) is 14.0. The zero-order chi connectivity index (χ0) is 16.9. The zero-order valence-corrected chi connectivity index (χ0v) is 14.0. The molecule has 0 saturated carbocycles. The minimum Gasteiger partial charge on any atom is -0.492 e. The van der Waals surface area contributed by atoms with Gasteiger partial charge in [0.2, 0.25) is 5.91 Å². The van der Waals surface area contributed by atoms with Crippen LogP contribution in [0.4, 0.5) is 5.69 Å². The molecule has 24 heavy (non-hydrogen) atoms. The predicted molar refractivity (Wildman–Crippen MR) is 98.6 cm³/mol. The van der Waals surface area contributed by atoms with E-state index in [4.69, 9.17) is 4.74 Å². The van der Waals surface area contributed by atoms with Crippen molar-refractivity contribution in [3.8, 4) is 5.75 Å². The SMILES string of the molecule is CC(=O)N(CCOc1ccc2ccccc2c1)c1cccc(C)c1. The van der Waals surface area contributed by atoms with Crippen molar-refractivity contribution in [2.45, 2.75) is 13.8 Å². The molecule has 3 aromatic carbocycles. The van der Waals surface area contributed by atoms with Crippen LogP contribution in [0.3, 0.4) is 0 Å². The highest BCUT2D eigenvalue weighted by molar-refractivity contribution is 5.91. The van der Waals surface area contributed by atoms with Crippen molar-refractivity contribution in [1.29, 1.82) is 0 Å². The highest BCUT2D eigenvalue weighted by atomic mass is 16.5. The maximum absolute atomic E-state index is 11.9. The number of amides is 1. The second kappa shape index (κ2) is 7.18. The van der Waals surface area contributed by atoms with Crippen molar-refractivity contribution < 1.29 is 9.53 Å². The van der Waals surface area contributed by atoms with E-state index in [1.54, 1.807) is 11.8 Å². The molecule has 3 aromatic rings. The van der Waals surface area contributed by atoms with Crippen LogP contribution < -0.4 is 9.64 Å². The van der Waals surface area contributed by atoms with E-state index in [1.165, 1.54) is 5.39 Å². The molecular weight excluding hydrogens is 298 g/mol. The van der Waals surface area contributed by atoms with Gasteiger partial charge in [0.05, 0.1) is 6.54 Å². The molecule has 0 aromatic heterocycles. The van der Waals surface area contributed by atoms with Gasteiger partial charge in [0.1, 0.15) is 12.4 Å². The molecule has 0 radical (unpaired) electrons. The molecule has 0 fully saturated rings. The summed E-state index contributed by atoms with van der Waals surface area (Å²) in [5, 5.41) is 2.34. The molecule has 0 heterocycles. The maximum Gasteiger partial charge on any atom is 0.223 e. The number of carbonyl (C=O) groups excluding carboxylic acids is 1. The van der Waals surface area contributed by atoms with E-state index < -0.39 is 0 Å². The monoisotopic (exact) mass is 319 g/mol. The lowest BCUT2D eigenvalue weighted by atomic mass is 10.1. The van der Waals surface area contributed by atoms with Gasteiger partial charge in [0, 0.05) is 12.6 Å². The Morgan fingerprint density at radius 2 is 1.75 bits per heavy atom. The van der Waals surface area contributed by atoms with Crippen LogP contribution in [0.25, 0.3) is 10.8 Å². The molecule has 3 heteroatoms. The number of rotatable bonds is 5. The van der Waals surface area contributed by atoms with Gasteiger partial charge in [-0.2, -0.15) is 0 Å². The lowest BCUT2D eigenvalue weighted by molar-refractivity contribution is -0.116. The average molecular weight is 319 g/mol. The standard InChI is InChI=1S/C21H21NO2/c1-16-6-5-9-20(14-16)22(17(2)23)12-13-24-21-11-10-18-7-3-4-8-19(18)15-21/h3-11,14-15H,12-13H2,1-2H3. The van der Waals surface area contributed by atoms with Crippen molar-refractivity contribution in [1.82, 2.24) is 0 Å². The minimum atomic E-state index is 0.0164. The van der Waals surface area contributed by atoms with E-state index in [-0.39, 0.29) is 5.91 Å². The summed E-state index contributed by atoms with van der Waals surface area (Å²) < 4.78 is 5.85. The fourth-order valence-electron chi connectivity index (χ4n) is 2.78.